The number of nitrogens with zero attached hydrogens (tertiary/aromatic N) is 5. The molecule has 1 aliphatic rings. The van der Waals surface area contributed by atoms with Crippen LogP contribution in [0.1, 0.15) is 51.0 Å². The summed E-state index contributed by atoms with van der Waals surface area (Å²) in [6.45, 7) is 9.38. The second-order valence-electron chi connectivity index (χ2n) is 9.43. The van der Waals surface area contributed by atoms with E-state index in [1.807, 2.05) is 30.9 Å². The quantitative estimate of drug-likeness (QED) is 0.379. The number of alkyl halides is 1. The molecule has 4 heterocycles. The molecule has 0 amide bonds. The molecule has 7 heteroatoms. The van der Waals surface area contributed by atoms with Crippen molar-refractivity contribution in [3.05, 3.63) is 42.3 Å². The summed E-state index contributed by atoms with van der Waals surface area (Å²) in [6.07, 6.45) is 11.2. The van der Waals surface area contributed by atoms with Crippen LogP contribution in [-0.2, 0) is 13.1 Å². The van der Waals surface area contributed by atoms with E-state index in [2.05, 4.69) is 40.2 Å². The third-order valence-corrected chi connectivity index (χ3v) is 6.91. The molecule has 5 rings (SSSR count). The molecule has 0 N–H and O–H groups in total. The normalized spacial score (nSPS) is 21.5. The fourth-order valence-electron chi connectivity index (χ4n) is 4.98. The molecule has 168 valence electrons. The Balaban J connectivity index is 1.59. The van der Waals surface area contributed by atoms with Gasteiger partial charge >= 0.3 is 0 Å². The summed E-state index contributed by atoms with van der Waals surface area (Å²) in [5.74, 6) is 1.25. The minimum Gasteiger partial charge on any atom is -0.361 e. The molecule has 0 bridgehead atoms. The third kappa shape index (κ3) is 3.74. The molecular weight excluding hydrogens is 405 g/mol. The Hall–Kier alpha value is -2.96. The number of hydrogen-bond donors (Lipinski definition) is 0. The van der Waals surface area contributed by atoms with Crippen molar-refractivity contribution in [3.63, 3.8) is 0 Å². The molecule has 0 unspecified atom stereocenters. The van der Waals surface area contributed by atoms with Crippen molar-refractivity contribution in [2.75, 3.05) is 0 Å². The molecule has 32 heavy (non-hydrogen) atoms. The summed E-state index contributed by atoms with van der Waals surface area (Å²) in [5, 5.41) is 8.57. The SMILES string of the molecule is CCn1cc(-c2cn(CC3CCC(C)(F)CC3)c3cc(-c4c(C)noc4C)cnc23)cn1. The molecule has 1 fully saturated rings. The van der Waals surface area contributed by atoms with E-state index in [9.17, 15) is 4.39 Å². The van der Waals surface area contributed by atoms with Crippen LogP contribution < -0.4 is 0 Å². The monoisotopic (exact) mass is 435 g/mol. The summed E-state index contributed by atoms with van der Waals surface area (Å²) in [7, 11) is 0. The zero-order valence-corrected chi connectivity index (χ0v) is 19.2. The molecule has 0 spiro atoms. The van der Waals surface area contributed by atoms with Gasteiger partial charge in [0, 0.05) is 53.9 Å². The third-order valence-electron chi connectivity index (χ3n) is 6.91. The predicted molar refractivity (Wildman–Crippen MR) is 123 cm³/mol. The van der Waals surface area contributed by atoms with Gasteiger partial charge in [0.15, 0.2) is 0 Å². The fraction of sp³-hybridized carbons (Fsp3) is 0.480. The van der Waals surface area contributed by atoms with Crippen molar-refractivity contribution >= 4 is 11.0 Å². The Labute approximate surface area is 187 Å². The van der Waals surface area contributed by atoms with Crippen LogP contribution in [0.3, 0.4) is 0 Å². The minimum atomic E-state index is -1.02. The number of pyridine rings is 1. The second-order valence-corrected chi connectivity index (χ2v) is 9.43. The molecule has 0 saturated heterocycles. The van der Waals surface area contributed by atoms with E-state index in [1.165, 1.54) is 0 Å². The summed E-state index contributed by atoms with van der Waals surface area (Å²) in [6, 6.07) is 2.19. The molecule has 0 atom stereocenters. The zero-order valence-electron chi connectivity index (χ0n) is 19.2. The van der Waals surface area contributed by atoms with Gasteiger partial charge in [0.25, 0.3) is 0 Å². The van der Waals surface area contributed by atoms with Crippen molar-refractivity contribution < 1.29 is 8.91 Å². The summed E-state index contributed by atoms with van der Waals surface area (Å²) < 4.78 is 24.0. The highest BCUT2D eigenvalue weighted by molar-refractivity contribution is 5.94. The Morgan fingerprint density at radius 1 is 1.16 bits per heavy atom. The van der Waals surface area contributed by atoms with Crippen LogP contribution in [0, 0.1) is 19.8 Å². The van der Waals surface area contributed by atoms with Gasteiger partial charge < -0.3 is 9.09 Å². The van der Waals surface area contributed by atoms with Crippen LogP contribution >= 0.6 is 0 Å². The van der Waals surface area contributed by atoms with Gasteiger partial charge in [-0.3, -0.25) is 9.67 Å². The highest BCUT2D eigenvalue weighted by Crippen LogP contribution is 2.38. The maximum atomic E-state index is 14.3. The summed E-state index contributed by atoms with van der Waals surface area (Å²) >= 11 is 0. The average molecular weight is 436 g/mol. The van der Waals surface area contributed by atoms with Crippen LogP contribution in [0.15, 0.2) is 35.4 Å². The van der Waals surface area contributed by atoms with Crippen molar-refractivity contribution in [2.24, 2.45) is 5.92 Å². The number of aryl methyl sites for hydroxylation is 3. The van der Waals surface area contributed by atoms with Gasteiger partial charge in [-0.05, 0) is 65.4 Å². The van der Waals surface area contributed by atoms with E-state index in [1.54, 1.807) is 6.92 Å². The van der Waals surface area contributed by atoms with Gasteiger partial charge in [0.05, 0.1) is 22.9 Å². The molecule has 0 aromatic carbocycles. The maximum Gasteiger partial charge on any atom is 0.141 e. The number of rotatable bonds is 5. The lowest BCUT2D eigenvalue weighted by Crippen LogP contribution is -2.27. The molecule has 4 aromatic heterocycles. The van der Waals surface area contributed by atoms with Gasteiger partial charge in [-0.15, -0.1) is 0 Å². The van der Waals surface area contributed by atoms with Gasteiger partial charge in [0.1, 0.15) is 11.4 Å². The molecule has 4 aromatic rings. The van der Waals surface area contributed by atoms with E-state index in [0.29, 0.717) is 18.8 Å². The minimum absolute atomic E-state index is 0.461. The van der Waals surface area contributed by atoms with Gasteiger partial charge in [-0.2, -0.15) is 5.10 Å². The lowest BCUT2D eigenvalue weighted by Gasteiger charge is -2.31. The highest BCUT2D eigenvalue weighted by Gasteiger charge is 2.31. The Kier molecular flexibility index (Phi) is 5.14. The summed E-state index contributed by atoms with van der Waals surface area (Å²) in [5.41, 5.74) is 6.03. The average Bonchev–Trinajstić information content (AvgIpc) is 3.47. The number of fused-ring (bicyclic) bond motifs is 1. The maximum absolute atomic E-state index is 14.3. The number of hydrogen-bond acceptors (Lipinski definition) is 4. The Morgan fingerprint density at radius 2 is 1.94 bits per heavy atom. The molecule has 1 saturated carbocycles. The van der Waals surface area contributed by atoms with Crippen molar-refractivity contribution in [2.45, 2.75) is 72.1 Å². The summed E-state index contributed by atoms with van der Waals surface area (Å²) in [4.78, 5) is 4.88. The van der Waals surface area contributed by atoms with E-state index in [-0.39, 0.29) is 0 Å². The molecule has 0 radical (unpaired) electrons. The number of halogens is 1. The van der Waals surface area contributed by atoms with Gasteiger partial charge in [0.2, 0.25) is 0 Å². The van der Waals surface area contributed by atoms with E-state index in [0.717, 1.165) is 70.7 Å². The first-order chi connectivity index (χ1) is 15.3. The predicted octanol–water partition coefficient (Wildman–Crippen LogP) is 6.11. The van der Waals surface area contributed by atoms with Crippen molar-refractivity contribution in [1.82, 2.24) is 24.5 Å². The lowest BCUT2D eigenvalue weighted by molar-refractivity contribution is 0.0985. The topological polar surface area (TPSA) is 61.7 Å². The molecule has 6 nitrogen and oxygen atoms in total. The first-order valence-corrected chi connectivity index (χ1v) is 11.5. The van der Waals surface area contributed by atoms with E-state index in [4.69, 9.17) is 9.51 Å². The van der Waals surface area contributed by atoms with Crippen LogP contribution in [-0.4, -0.2) is 30.2 Å². The van der Waals surface area contributed by atoms with Gasteiger partial charge in [-0.25, -0.2) is 4.39 Å². The standard InChI is InChI=1S/C25H30FN5O/c1-5-31-14-20(12-28-31)21-15-30(13-18-6-8-25(4,26)9-7-18)22-10-19(11-27-24(21)22)23-16(2)29-32-17(23)3/h10-12,14-15,18H,5-9,13H2,1-4H3. The smallest absolute Gasteiger partial charge is 0.141 e. The second kappa shape index (κ2) is 7.87. The van der Waals surface area contributed by atoms with E-state index >= 15 is 0 Å². The number of aromatic nitrogens is 5. The van der Waals surface area contributed by atoms with Crippen LogP contribution in [0.2, 0.25) is 0 Å². The lowest BCUT2D eigenvalue weighted by atomic mass is 9.81. The van der Waals surface area contributed by atoms with Gasteiger partial charge in [-0.1, -0.05) is 5.16 Å². The first-order valence-electron chi connectivity index (χ1n) is 11.5. The molecule has 1 aliphatic carbocycles. The molecular formula is C25H30FN5O. The largest absolute Gasteiger partial charge is 0.361 e. The zero-order chi connectivity index (χ0) is 22.5. The first kappa shape index (κ1) is 20.9. The van der Waals surface area contributed by atoms with Crippen LogP contribution in [0.5, 0.6) is 0 Å². The highest BCUT2D eigenvalue weighted by atomic mass is 19.1. The van der Waals surface area contributed by atoms with Crippen LogP contribution in [0.4, 0.5) is 4.39 Å². The van der Waals surface area contributed by atoms with Crippen LogP contribution in [0.25, 0.3) is 33.3 Å². The van der Waals surface area contributed by atoms with Crippen molar-refractivity contribution in [1.29, 1.82) is 0 Å². The van der Waals surface area contributed by atoms with Crippen molar-refractivity contribution in [3.8, 4) is 22.3 Å². The van der Waals surface area contributed by atoms with E-state index < -0.39 is 5.67 Å². The Morgan fingerprint density at radius 3 is 2.59 bits per heavy atom. The Bertz CT molecular complexity index is 1240. The fourth-order valence-corrected chi connectivity index (χ4v) is 4.98. The molecule has 0 aliphatic heterocycles.